The summed E-state index contributed by atoms with van der Waals surface area (Å²) in [4.78, 5) is 0. The molecule has 0 aliphatic carbocycles. The Balaban J connectivity index is 2.53. The second-order valence-electron chi connectivity index (χ2n) is 5.34. The van der Waals surface area contributed by atoms with E-state index in [2.05, 4.69) is 28.2 Å². The van der Waals surface area contributed by atoms with Gasteiger partial charge >= 0.3 is 0 Å². The Morgan fingerprint density at radius 2 is 2.11 bits per heavy atom. The van der Waals surface area contributed by atoms with Crippen LogP contribution < -0.4 is 10.1 Å². The van der Waals surface area contributed by atoms with E-state index in [1.54, 1.807) is 13.8 Å². The standard InChI is InChI=1S/C15H24BrNO2/c1-4-8-17-11-12-10-13(5-6-14(12)16)19-9-7-15(2,3)18/h5-6,10,17-18H,4,7-9,11H2,1-3H3. The number of hydrogen-bond donors (Lipinski definition) is 2. The van der Waals surface area contributed by atoms with Crippen LogP contribution in [-0.2, 0) is 6.54 Å². The summed E-state index contributed by atoms with van der Waals surface area (Å²) in [6.07, 6.45) is 1.74. The number of hydrogen-bond acceptors (Lipinski definition) is 3. The van der Waals surface area contributed by atoms with E-state index in [4.69, 9.17) is 4.74 Å². The Bertz CT molecular complexity index is 388. The first-order valence-electron chi connectivity index (χ1n) is 6.76. The molecule has 0 radical (unpaired) electrons. The van der Waals surface area contributed by atoms with E-state index in [1.165, 1.54) is 5.56 Å². The van der Waals surface area contributed by atoms with Crippen molar-refractivity contribution in [1.29, 1.82) is 0 Å². The number of ether oxygens (including phenoxy) is 1. The quantitative estimate of drug-likeness (QED) is 0.717. The highest BCUT2D eigenvalue weighted by Gasteiger charge is 2.12. The van der Waals surface area contributed by atoms with Crippen molar-refractivity contribution in [3.05, 3.63) is 28.2 Å². The van der Waals surface area contributed by atoms with Crippen molar-refractivity contribution in [2.45, 2.75) is 45.8 Å². The number of nitrogens with one attached hydrogen (secondary N) is 1. The molecular formula is C15H24BrNO2. The van der Waals surface area contributed by atoms with Crippen molar-refractivity contribution in [2.75, 3.05) is 13.2 Å². The summed E-state index contributed by atoms with van der Waals surface area (Å²) in [5, 5.41) is 13.0. The molecule has 0 atom stereocenters. The highest BCUT2D eigenvalue weighted by Crippen LogP contribution is 2.23. The Morgan fingerprint density at radius 3 is 2.74 bits per heavy atom. The molecule has 3 nitrogen and oxygen atoms in total. The molecule has 1 rings (SSSR count). The van der Waals surface area contributed by atoms with Gasteiger partial charge in [-0.15, -0.1) is 0 Å². The van der Waals surface area contributed by atoms with Crippen LogP contribution in [0.25, 0.3) is 0 Å². The zero-order valence-electron chi connectivity index (χ0n) is 12.0. The van der Waals surface area contributed by atoms with Gasteiger partial charge in [-0.2, -0.15) is 0 Å². The fraction of sp³-hybridized carbons (Fsp3) is 0.600. The predicted molar refractivity (Wildman–Crippen MR) is 82.5 cm³/mol. The van der Waals surface area contributed by atoms with Gasteiger partial charge in [0, 0.05) is 17.4 Å². The van der Waals surface area contributed by atoms with Gasteiger partial charge < -0.3 is 15.2 Å². The van der Waals surface area contributed by atoms with Crippen LogP contribution in [0.15, 0.2) is 22.7 Å². The zero-order chi connectivity index (χ0) is 14.3. The maximum absolute atomic E-state index is 9.64. The van der Waals surface area contributed by atoms with Crippen molar-refractivity contribution in [3.63, 3.8) is 0 Å². The van der Waals surface area contributed by atoms with Crippen LogP contribution in [0.1, 0.15) is 39.2 Å². The van der Waals surface area contributed by atoms with Crippen LogP contribution in [-0.4, -0.2) is 23.9 Å². The molecule has 0 aliphatic heterocycles. The highest BCUT2D eigenvalue weighted by atomic mass is 79.9. The van der Waals surface area contributed by atoms with Gasteiger partial charge in [0.05, 0.1) is 12.2 Å². The molecule has 0 aliphatic rings. The molecule has 2 N–H and O–H groups in total. The Kier molecular flexibility index (Phi) is 6.83. The molecular weight excluding hydrogens is 306 g/mol. The van der Waals surface area contributed by atoms with E-state index >= 15 is 0 Å². The van der Waals surface area contributed by atoms with Crippen LogP contribution in [0.2, 0.25) is 0 Å². The van der Waals surface area contributed by atoms with Crippen LogP contribution >= 0.6 is 15.9 Å². The summed E-state index contributed by atoms with van der Waals surface area (Å²) in [7, 11) is 0. The number of rotatable bonds is 8. The Labute approximate surface area is 124 Å². The molecule has 108 valence electrons. The minimum atomic E-state index is -0.680. The average molecular weight is 330 g/mol. The summed E-state index contributed by atoms with van der Waals surface area (Å²) < 4.78 is 6.76. The smallest absolute Gasteiger partial charge is 0.119 e. The van der Waals surface area contributed by atoms with Gasteiger partial charge in [0.2, 0.25) is 0 Å². The lowest BCUT2D eigenvalue weighted by atomic mass is 10.1. The van der Waals surface area contributed by atoms with E-state index < -0.39 is 5.60 Å². The normalized spacial score (nSPS) is 11.6. The van der Waals surface area contributed by atoms with Gasteiger partial charge in [0.25, 0.3) is 0 Å². The number of aliphatic hydroxyl groups is 1. The Morgan fingerprint density at radius 1 is 1.37 bits per heavy atom. The third-order valence-electron chi connectivity index (χ3n) is 2.74. The van der Waals surface area contributed by atoms with Crippen LogP contribution in [0.5, 0.6) is 5.75 Å². The molecule has 0 saturated carbocycles. The van der Waals surface area contributed by atoms with Crippen molar-refractivity contribution in [3.8, 4) is 5.75 Å². The molecule has 0 saturated heterocycles. The van der Waals surface area contributed by atoms with E-state index in [1.807, 2.05) is 18.2 Å². The van der Waals surface area contributed by atoms with E-state index in [0.29, 0.717) is 13.0 Å². The fourth-order valence-corrected chi connectivity index (χ4v) is 1.98. The second kappa shape index (κ2) is 7.88. The van der Waals surface area contributed by atoms with E-state index in [-0.39, 0.29) is 0 Å². The summed E-state index contributed by atoms with van der Waals surface area (Å²) in [6, 6.07) is 5.98. The topological polar surface area (TPSA) is 41.5 Å². The maximum Gasteiger partial charge on any atom is 0.119 e. The van der Waals surface area contributed by atoms with Crippen LogP contribution in [0.3, 0.4) is 0 Å². The molecule has 19 heavy (non-hydrogen) atoms. The monoisotopic (exact) mass is 329 g/mol. The van der Waals surface area contributed by atoms with Crippen LogP contribution in [0, 0.1) is 0 Å². The summed E-state index contributed by atoms with van der Waals surface area (Å²) in [5.41, 5.74) is 0.509. The SMILES string of the molecule is CCCNCc1cc(OCCC(C)(C)O)ccc1Br. The van der Waals surface area contributed by atoms with Gasteiger partial charge in [-0.3, -0.25) is 0 Å². The third-order valence-corrected chi connectivity index (χ3v) is 3.52. The van der Waals surface area contributed by atoms with Crippen molar-refractivity contribution >= 4 is 15.9 Å². The molecule has 0 unspecified atom stereocenters. The molecule has 1 aromatic rings. The zero-order valence-corrected chi connectivity index (χ0v) is 13.6. The van der Waals surface area contributed by atoms with Gasteiger partial charge in [-0.05, 0) is 50.6 Å². The van der Waals surface area contributed by atoms with Crippen LogP contribution in [0.4, 0.5) is 0 Å². The van der Waals surface area contributed by atoms with Gasteiger partial charge in [-0.1, -0.05) is 22.9 Å². The minimum Gasteiger partial charge on any atom is -0.493 e. The summed E-state index contributed by atoms with van der Waals surface area (Å²) in [6.45, 7) is 8.09. The molecule has 0 spiro atoms. The van der Waals surface area contributed by atoms with Crippen molar-refractivity contribution in [2.24, 2.45) is 0 Å². The van der Waals surface area contributed by atoms with Gasteiger partial charge in [0.1, 0.15) is 5.75 Å². The first kappa shape index (κ1) is 16.5. The summed E-state index contributed by atoms with van der Waals surface area (Å²) in [5.74, 6) is 0.848. The molecule has 0 heterocycles. The van der Waals surface area contributed by atoms with Crippen molar-refractivity contribution in [1.82, 2.24) is 5.32 Å². The lowest BCUT2D eigenvalue weighted by molar-refractivity contribution is 0.0553. The average Bonchev–Trinajstić information content (AvgIpc) is 2.31. The van der Waals surface area contributed by atoms with Gasteiger partial charge in [-0.25, -0.2) is 0 Å². The minimum absolute atomic E-state index is 0.521. The predicted octanol–water partition coefficient (Wildman–Crippen LogP) is 3.49. The Hall–Kier alpha value is -0.580. The third kappa shape index (κ3) is 6.95. The fourth-order valence-electron chi connectivity index (χ4n) is 1.59. The molecule has 0 amide bonds. The molecule has 0 fully saturated rings. The first-order chi connectivity index (χ1) is 8.92. The lowest BCUT2D eigenvalue weighted by Gasteiger charge is -2.17. The van der Waals surface area contributed by atoms with E-state index in [0.717, 1.165) is 29.7 Å². The summed E-state index contributed by atoms with van der Waals surface area (Å²) >= 11 is 3.55. The maximum atomic E-state index is 9.64. The first-order valence-corrected chi connectivity index (χ1v) is 7.56. The molecule has 0 aromatic heterocycles. The van der Waals surface area contributed by atoms with Gasteiger partial charge in [0.15, 0.2) is 0 Å². The highest BCUT2D eigenvalue weighted by molar-refractivity contribution is 9.10. The number of benzene rings is 1. The molecule has 0 bridgehead atoms. The largest absolute Gasteiger partial charge is 0.493 e. The number of halogens is 1. The van der Waals surface area contributed by atoms with E-state index in [9.17, 15) is 5.11 Å². The molecule has 4 heteroatoms. The molecule has 1 aromatic carbocycles. The second-order valence-corrected chi connectivity index (χ2v) is 6.20. The lowest BCUT2D eigenvalue weighted by Crippen LogP contribution is -2.21. The van der Waals surface area contributed by atoms with Crippen molar-refractivity contribution < 1.29 is 9.84 Å².